The fraction of sp³-hybridized carbons (Fsp3) is 0.250. The fourth-order valence-electron chi connectivity index (χ4n) is 2.48. The number of halogens is 1. The molecule has 1 N–H and O–H groups in total. The van der Waals surface area contributed by atoms with E-state index in [2.05, 4.69) is 33.2 Å². The highest BCUT2D eigenvalue weighted by Crippen LogP contribution is 2.22. The Labute approximate surface area is 161 Å². The van der Waals surface area contributed by atoms with Gasteiger partial charge in [-0.15, -0.1) is 0 Å². The first kappa shape index (κ1) is 19.7. The standard InChI is InChI=1S/C20H20BrN3O2/c1-3-5-18(14-8-10-17(26-2)11-9-14)24-20(25)15(13-22)12-16-6-4-7-19(21)23-16/h4,6-12,18H,3,5H2,1-2H3,(H,24,25). The van der Waals surface area contributed by atoms with Gasteiger partial charge in [0.05, 0.1) is 18.8 Å². The van der Waals surface area contributed by atoms with Crippen LogP contribution in [0.3, 0.4) is 0 Å². The molecule has 2 aromatic rings. The van der Waals surface area contributed by atoms with Crippen molar-refractivity contribution in [3.8, 4) is 11.8 Å². The van der Waals surface area contributed by atoms with Gasteiger partial charge in [0.1, 0.15) is 22.0 Å². The van der Waals surface area contributed by atoms with E-state index in [9.17, 15) is 10.1 Å². The van der Waals surface area contributed by atoms with Gasteiger partial charge >= 0.3 is 0 Å². The highest BCUT2D eigenvalue weighted by atomic mass is 79.9. The lowest BCUT2D eigenvalue weighted by Gasteiger charge is -2.18. The molecule has 2 rings (SSSR count). The summed E-state index contributed by atoms with van der Waals surface area (Å²) in [6, 6.07) is 14.7. The highest BCUT2D eigenvalue weighted by molar-refractivity contribution is 9.10. The Hall–Kier alpha value is -2.65. The van der Waals surface area contributed by atoms with Crippen LogP contribution in [0, 0.1) is 11.3 Å². The fourth-order valence-corrected chi connectivity index (χ4v) is 2.84. The summed E-state index contributed by atoms with van der Waals surface area (Å²) >= 11 is 3.28. The third-order valence-corrected chi connectivity index (χ3v) is 4.24. The lowest BCUT2D eigenvalue weighted by atomic mass is 10.0. The second-order valence-corrected chi connectivity index (χ2v) is 6.46. The number of aromatic nitrogens is 1. The molecule has 0 aliphatic rings. The molecule has 5 nitrogen and oxygen atoms in total. The van der Waals surface area contributed by atoms with Gasteiger partial charge in [0.25, 0.3) is 5.91 Å². The van der Waals surface area contributed by atoms with Gasteiger partial charge in [0.15, 0.2) is 0 Å². The molecule has 0 fully saturated rings. The van der Waals surface area contributed by atoms with Crippen molar-refractivity contribution in [2.75, 3.05) is 7.11 Å². The number of amides is 1. The maximum Gasteiger partial charge on any atom is 0.262 e. The number of nitrogens with zero attached hydrogens (tertiary/aromatic N) is 2. The van der Waals surface area contributed by atoms with Crippen LogP contribution in [0.2, 0.25) is 0 Å². The summed E-state index contributed by atoms with van der Waals surface area (Å²) in [5.41, 5.74) is 1.53. The zero-order valence-electron chi connectivity index (χ0n) is 14.7. The number of nitrogens with one attached hydrogen (secondary N) is 1. The van der Waals surface area contributed by atoms with Crippen molar-refractivity contribution in [3.05, 3.63) is 63.9 Å². The molecule has 0 aliphatic heterocycles. The number of carbonyl (C=O) groups is 1. The molecule has 0 bridgehead atoms. The first-order valence-electron chi connectivity index (χ1n) is 8.26. The van der Waals surface area contributed by atoms with E-state index in [4.69, 9.17) is 4.74 Å². The molecule has 1 aromatic heterocycles. The number of hydrogen-bond acceptors (Lipinski definition) is 4. The summed E-state index contributed by atoms with van der Waals surface area (Å²) in [6.45, 7) is 2.05. The maximum atomic E-state index is 12.6. The quantitative estimate of drug-likeness (QED) is 0.414. The predicted octanol–water partition coefficient (Wildman–Crippen LogP) is 4.42. The molecule has 0 spiro atoms. The molecule has 0 aliphatic carbocycles. The van der Waals surface area contributed by atoms with Crippen LogP contribution in [0.1, 0.15) is 37.1 Å². The molecule has 1 heterocycles. The molecule has 6 heteroatoms. The smallest absolute Gasteiger partial charge is 0.262 e. The van der Waals surface area contributed by atoms with E-state index in [1.165, 1.54) is 6.08 Å². The Kier molecular flexibility index (Phi) is 7.37. The third-order valence-electron chi connectivity index (χ3n) is 3.79. The Bertz CT molecular complexity index is 826. The van der Waals surface area contributed by atoms with Gasteiger partial charge in [-0.05, 0) is 58.3 Å². The number of pyridine rings is 1. The minimum atomic E-state index is -0.413. The van der Waals surface area contributed by atoms with E-state index in [1.54, 1.807) is 25.3 Å². The summed E-state index contributed by atoms with van der Waals surface area (Å²) in [5.74, 6) is 0.345. The van der Waals surface area contributed by atoms with Crippen molar-refractivity contribution in [3.63, 3.8) is 0 Å². The minimum absolute atomic E-state index is 0.0187. The number of carbonyl (C=O) groups excluding carboxylic acids is 1. The van der Waals surface area contributed by atoms with E-state index in [-0.39, 0.29) is 11.6 Å². The Morgan fingerprint density at radius 2 is 2.08 bits per heavy atom. The molecule has 1 amide bonds. The van der Waals surface area contributed by atoms with Gasteiger partial charge in [0, 0.05) is 0 Å². The highest BCUT2D eigenvalue weighted by Gasteiger charge is 2.17. The van der Waals surface area contributed by atoms with Crippen LogP contribution in [0.25, 0.3) is 6.08 Å². The second kappa shape index (κ2) is 9.73. The molecule has 1 atom stereocenters. The number of rotatable bonds is 7. The Morgan fingerprint density at radius 3 is 2.65 bits per heavy atom. The van der Waals surface area contributed by atoms with Crippen molar-refractivity contribution in [2.24, 2.45) is 0 Å². The van der Waals surface area contributed by atoms with Crippen LogP contribution in [-0.2, 0) is 4.79 Å². The van der Waals surface area contributed by atoms with Crippen LogP contribution in [-0.4, -0.2) is 18.0 Å². The van der Waals surface area contributed by atoms with Crippen molar-refractivity contribution in [1.29, 1.82) is 5.26 Å². The molecule has 1 unspecified atom stereocenters. The molecule has 0 saturated heterocycles. The topological polar surface area (TPSA) is 75.0 Å². The molecule has 0 radical (unpaired) electrons. The van der Waals surface area contributed by atoms with E-state index in [0.29, 0.717) is 10.3 Å². The molecular formula is C20H20BrN3O2. The van der Waals surface area contributed by atoms with Crippen LogP contribution < -0.4 is 10.1 Å². The molecule has 134 valence electrons. The van der Waals surface area contributed by atoms with Crippen molar-refractivity contribution >= 4 is 27.9 Å². The Balaban J connectivity index is 2.20. The van der Waals surface area contributed by atoms with Gasteiger partial charge in [0.2, 0.25) is 0 Å². The molecule has 0 saturated carbocycles. The zero-order valence-corrected chi connectivity index (χ0v) is 16.3. The van der Waals surface area contributed by atoms with Crippen molar-refractivity contribution in [1.82, 2.24) is 10.3 Å². The lowest BCUT2D eigenvalue weighted by molar-refractivity contribution is -0.117. The normalized spacial score (nSPS) is 12.2. The van der Waals surface area contributed by atoms with Gasteiger partial charge in [-0.1, -0.05) is 31.5 Å². The molecular weight excluding hydrogens is 394 g/mol. The lowest BCUT2D eigenvalue weighted by Crippen LogP contribution is -2.29. The predicted molar refractivity (Wildman–Crippen MR) is 104 cm³/mol. The summed E-state index contributed by atoms with van der Waals surface area (Å²) in [7, 11) is 1.61. The first-order chi connectivity index (χ1) is 12.6. The van der Waals surface area contributed by atoms with Crippen LogP contribution in [0.4, 0.5) is 0 Å². The van der Waals surface area contributed by atoms with Gasteiger partial charge < -0.3 is 10.1 Å². The summed E-state index contributed by atoms with van der Waals surface area (Å²) in [5, 5.41) is 12.3. The summed E-state index contributed by atoms with van der Waals surface area (Å²) in [6.07, 6.45) is 3.15. The van der Waals surface area contributed by atoms with E-state index in [1.807, 2.05) is 30.3 Å². The van der Waals surface area contributed by atoms with Gasteiger partial charge in [-0.25, -0.2) is 4.98 Å². The molecule has 26 heavy (non-hydrogen) atoms. The van der Waals surface area contributed by atoms with E-state index in [0.717, 1.165) is 24.2 Å². The van der Waals surface area contributed by atoms with Crippen LogP contribution in [0.5, 0.6) is 5.75 Å². The van der Waals surface area contributed by atoms with Crippen molar-refractivity contribution < 1.29 is 9.53 Å². The average Bonchev–Trinajstić information content (AvgIpc) is 2.65. The van der Waals surface area contributed by atoms with Crippen LogP contribution in [0.15, 0.2) is 52.6 Å². The second-order valence-electron chi connectivity index (χ2n) is 5.64. The first-order valence-corrected chi connectivity index (χ1v) is 9.05. The maximum absolute atomic E-state index is 12.6. The average molecular weight is 414 g/mol. The van der Waals surface area contributed by atoms with Gasteiger partial charge in [-0.3, -0.25) is 4.79 Å². The summed E-state index contributed by atoms with van der Waals surface area (Å²) in [4.78, 5) is 16.8. The van der Waals surface area contributed by atoms with Crippen molar-refractivity contribution in [2.45, 2.75) is 25.8 Å². The van der Waals surface area contributed by atoms with Crippen LogP contribution >= 0.6 is 15.9 Å². The van der Waals surface area contributed by atoms with E-state index >= 15 is 0 Å². The minimum Gasteiger partial charge on any atom is -0.497 e. The number of benzene rings is 1. The number of ether oxygens (including phenoxy) is 1. The third kappa shape index (κ3) is 5.43. The number of methoxy groups -OCH3 is 1. The zero-order chi connectivity index (χ0) is 18.9. The van der Waals surface area contributed by atoms with Gasteiger partial charge in [-0.2, -0.15) is 5.26 Å². The summed E-state index contributed by atoms with van der Waals surface area (Å²) < 4.78 is 5.82. The Morgan fingerprint density at radius 1 is 1.35 bits per heavy atom. The largest absolute Gasteiger partial charge is 0.497 e. The number of hydrogen-bond donors (Lipinski definition) is 1. The monoisotopic (exact) mass is 413 g/mol. The van der Waals surface area contributed by atoms with E-state index < -0.39 is 5.91 Å². The number of nitriles is 1. The molecule has 1 aromatic carbocycles. The SMILES string of the molecule is CCCC(NC(=O)C(C#N)=Cc1cccc(Br)n1)c1ccc(OC)cc1.